The van der Waals surface area contributed by atoms with E-state index in [0.717, 1.165) is 32.0 Å². The molecular weight excluding hydrogens is 402 g/mol. The van der Waals surface area contributed by atoms with E-state index in [1.165, 1.54) is 36.1 Å². The van der Waals surface area contributed by atoms with Gasteiger partial charge in [-0.3, -0.25) is 19.8 Å². The summed E-state index contributed by atoms with van der Waals surface area (Å²) in [6, 6.07) is 24.2. The molecule has 0 saturated carbocycles. The maximum atomic E-state index is 12.5. The van der Waals surface area contributed by atoms with Crippen LogP contribution >= 0.6 is 0 Å². The molecular formula is C26H27N3O3. The lowest BCUT2D eigenvalue weighted by molar-refractivity contribution is -0.384. The molecule has 164 valence electrons. The molecule has 1 aliphatic heterocycles. The van der Waals surface area contributed by atoms with Crippen LogP contribution in [0.1, 0.15) is 34.3 Å². The van der Waals surface area contributed by atoms with Crippen LogP contribution in [-0.2, 0) is 13.0 Å². The number of hydrogen-bond acceptors (Lipinski definition) is 4. The predicted octanol–water partition coefficient (Wildman–Crippen LogP) is 5.30. The topological polar surface area (TPSA) is 75.5 Å². The van der Waals surface area contributed by atoms with Crippen molar-refractivity contribution in [2.75, 3.05) is 18.4 Å². The Bertz CT molecular complexity index is 1060. The fourth-order valence-electron chi connectivity index (χ4n) is 4.22. The standard InChI is InChI=1S/C26H27N3O3/c30-26(27-24-7-4-8-25(18-24)29(31)32)23-11-9-22(10-12-23)19-28-15-13-21(14-16-28)17-20-5-2-1-3-6-20/h1-12,18,21H,13-17,19H2,(H,27,30). The van der Waals surface area contributed by atoms with Crippen LogP contribution in [0.5, 0.6) is 0 Å². The Balaban J connectivity index is 1.27. The molecule has 6 nitrogen and oxygen atoms in total. The first-order chi connectivity index (χ1) is 15.6. The molecule has 1 aliphatic rings. The number of carbonyl (C=O) groups excluding carboxylic acids is 1. The van der Waals surface area contributed by atoms with Gasteiger partial charge in [-0.2, -0.15) is 0 Å². The van der Waals surface area contributed by atoms with Crippen molar-refractivity contribution in [1.82, 2.24) is 4.90 Å². The van der Waals surface area contributed by atoms with Gasteiger partial charge in [0.1, 0.15) is 0 Å². The highest BCUT2D eigenvalue weighted by atomic mass is 16.6. The second-order valence-electron chi connectivity index (χ2n) is 8.37. The number of hydrogen-bond donors (Lipinski definition) is 1. The van der Waals surface area contributed by atoms with E-state index in [-0.39, 0.29) is 11.6 Å². The molecule has 32 heavy (non-hydrogen) atoms. The predicted molar refractivity (Wildman–Crippen MR) is 126 cm³/mol. The Morgan fingerprint density at radius 3 is 2.34 bits per heavy atom. The van der Waals surface area contributed by atoms with Crippen LogP contribution < -0.4 is 5.32 Å². The minimum atomic E-state index is -0.477. The highest BCUT2D eigenvalue weighted by Crippen LogP contribution is 2.23. The van der Waals surface area contributed by atoms with Crippen LogP contribution in [-0.4, -0.2) is 28.8 Å². The summed E-state index contributed by atoms with van der Waals surface area (Å²) in [7, 11) is 0. The van der Waals surface area contributed by atoms with Gasteiger partial charge in [0.15, 0.2) is 0 Å². The zero-order chi connectivity index (χ0) is 22.3. The van der Waals surface area contributed by atoms with E-state index in [1.807, 2.05) is 24.3 Å². The molecule has 0 radical (unpaired) electrons. The molecule has 0 spiro atoms. The first kappa shape index (κ1) is 21.7. The van der Waals surface area contributed by atoms with Crippen LogP contribution in [0.2, 0.25) is 0 Å². The lowest BCUT2D eigenvalue weighted by atomic mass is 9.90. The van der Waals surface area contributed by atoms with Crippen molar-refractivity contribution in [2.45, 2.75) is 25.8 Å². The van der Waals surface area contributed by atoms with Crippen LogP contribution in [0.15, 0.2) is 78.9 Å². The van der Waals surface area contributed by atoms with Gasteiger partial charge < -0.3 is 5.32 Å². The summed E-state index contributed by atoms with van der Waals surface area (Å²) in [5, 5.41) is 13.6. The Labute approximate surface area is 188 Å². The Hall–Kier alpha value is -3.51. The normalized spacial score (nSPS) is 14.8. The lowest BCUT2D eigenvalue weighted by Gasteiger charge is -2.32. The number of non-ortho nitro benzene ring substituents is 1. The average molecular weight is 430 g/mol. The van der Waals surface area contributed by atoms with E-state index in [1.54, 1.807) is 12.1 Å². The van der Waals surface area contributed by atoms with Crippen molar-refractivity contribution in [2.24, 2.45) is 5.92 Å². The molecule has 0 atom stereocenters. The maximum absolute atomic E-state index is 12.5. The summed E-state index contributed by atoms with van der Waals surface area (Å²) in [5.41, 5.74) is 3.49. The van der Waals surface area contributed by atoms with Crippen molar-refractivity contribution >= 4 is 17.3 Å². The SMILES string of the molecule is O=C(Nc1cccc([N+](=O)[O-])c1)c1ccc(CN2CCC(Cc3ccccc3)CC2)cc1. The number of nitro benzene ring substituents is 1. The second-order valence-corrected chi connectivity index (χ2v) is 8.37. The summed E-state index contributed by atoms with van der Waals surface area (Å²) < 4.78 is 0. The number of likely N-dealkylation sites (tertiary alicyclic amines) is 1. The number of nitrogens with zero attached hydrogens (tertiary/aromatic N) is 2. The number of nitro groups is 1. The van der Waals surface area contributed by atoms with Gasteiger partial charge in [0.25, 0.3) is 11.6 Å². The summed E-state index contributed by atoms with van der Waals surface area (Å²) >= 11 is 0. The van der Waals surface area contributed by atoms with Gasteiger partial charge in [0, 0.05) is 29.9 Å². The lowest BCUT2D eigenvalue weighted by Crippen LogP contribution is -2.33. The fraction of sp³-hybridized carbons (Fsp3) is 0.269. The Morgan fingerprint density at radius 1 is 0.938 bits per heavy atom. The van der Waals surface area contributed by atoms with Crippen LogP contribution in [0, 0.1) is 16.0 Å². The van der Waals surface area contributed by atoms with Gasteiger partial charge in [-0.1, -0.05) is 48.5 Å². The smallest absolute Gasteiger partial charge is 0.271 e. The number of anilines is 1. The number of carbonyl (C=O) groups is 1. The molecule has 4 rings (SSSR count). The van der Waals surface area contributed by atoms with Gasteiger partial charge in [-0.15, -0.1) is 0 Å². The summed E-state index contributed by atoms with van der Waals surface area (Å²) in [6.45, 7) is 3.06. The molecule has 0 aromatic heterocycles. The molecule has 6 heteroatoms. The van der Waals surface area contributed by atoms with E-state index in [0.29, 0.717) is 11.3 Å². The van der Waals surface area contributed by atoms with Crippen LogP contribution in [0.25, 0.3) is 0 Å². The highest BCUT2D eigenvalue weighted by Gasteiger charge is 2.19. The molecule has 1 saturated heterocycles. The first-order valence-electron chi connectivity index (χ1n) is 11.0. The largest absolute Gasteiger partial charge is 0.322 e. The molecule has 3 aromatic carbocycles. The molecule has 0 aliphatic carbocycles. The van der Waals surface area contributed by atoms with Gasteiger partial charge in [0.05, 0.1) is 4.92 Å². The Morgan fingerprint density at radius 2 is 1.66 bits per heavy atom. The minimum absolute atomic E-state index is 0.0503. The van der Waals surface area contributed by atoms with Crippen LogP contribution in [0.3, 0.4) is 0 Å². The molecule has 0 bridgehead atoms. The number of nitrogens with one attached hydrogen (secondary N) is 1. The molecule has 1 amide bonds. The zero-order valence-corrected chi connectivity index (χ0v) is 17.9. The second kappa shape index (κ2) is 10.2. The van der Waals surface area contributed by atoms with E-state index in [2.05, 4.69) is 40.5 Å². The quantitative estimate of drug-likeness (QED) is 0.408. The van der Waals surface area contributed by atoms with Crippen molar-refractivity contribution in [3.63, 3.8) is 0 Å². The van der Waals surface area contributed by atoms with E-state index >= 15 is 0 Å². The molecule has 0 unspecified atom stereocenters. The molecule has 3 aromatic rings. The van der Waals surface area contributed by atoms with Crippen molar-refractivity contribution in [3.8, 4) is 0 Å². The van der Waals surface area contributed by atoms with Gasteiger partial charge in [-0.25, -0.2) is 0 Å². The third-order valence-corrected chi connectivity index (χ3v) is 6.01. The van der Waals surface area contributed by atoms with E-state index < -0.39 is 4.92 Å². The summed E-state index contributed by atoms with van der Waals surface area (Å²) in [4.78, 5) is 25.4. The van der Waals surface area contributed by atoms with Crippen molar-refractivity contribution < 1.29 is 9.72 Å². The minimum Gasteiger partial charge on any atom is -0.322 e. The molecule has 1 heterocycles. The summed E-state index contributed by atoms with van der Waals surface area (Å²) in [5.74, 6) is 0.465. The maximum Gasteiger partial charge on any atom is 0.271 e. The van der Waals surface area contributed by atoms with Crippen LogP contribution in [0.4, 0.5) is 11.4 Å². The number of amides is 1. The van der Waals surface area contributed by atoms with Crippen molar-refractivity contribution in [3.05, 3.63) is 106 Å². The molecule has 1 N–H and O–H groups in total. The summed E-state index contributed by atoms with van der Waals surface area (Å²) in [6.07, 6.45) is 3.57. The monoisotopic (exact) mass is 429 g/mol. The number of rotatable bonds is 7. The third kappa shape index (κ3) is 5.80. The molecule has 1 fully saturated rings. The van der Waals surface area contributed by atoms with Gasteiger partial charge in [-0.05, 0) is 67.6 Å². The zero-order valence-electron chi connectivity index (χ0n) is 17.9. The van der Waals surface area contributed by atoms with Gasteiger partial charge in [0.2, 0.25) is 0 Å². The Kier molecular flexibility index (Phi) is 6.92. The van der Waals surface area contributed by atoms with E-state index in [4.69, 9.17) is 0 Å². The number of piperidine rings is 1. The highest BCUT2D eigenvalue weighted by molar-refractivity contribution is 6.04. The number of benzene rings is 3. The van der Waals surface area contributed by atoms with Crippen molar-refractivity contribution in [1.29, 1.82) is 0 Å². The van der Waals surface area contributed by atoms with Gasteiger partial charge >= 0.3 is 0 Å². The fourth-order valence-corrected chi connectivity index (χ4v) is 4.22. The first-order valence-corrected chi connectivity index (χ1v) is 11.0. The third-order valence-electron chi connectivity index (χ3n) is 6.01. The average Bonchev–Trinajstić information content (AvgIpc) is 2.82. The van der Waals surface area contributed by atoms with E-state index in [9.17, 15) is 14.9 Å².